The maximum absolute atomic E-state index is 12.9. The molecule has 4 nitrogen and oxygen atoms in total. The highest BCUT2D eigenvalue weighted by atomic mass is 79.9. The summed E-state index contributed by atoms with van der Waals surface area (Å²) < 4.78 is 0.258. The van der Waals surface area contributed by atoms with Crippen LogP contribution < -0.4 is 10.6 Å². The molecule has 1 aromatic carbocycles. The van der Waals surface area contributed by atoms with E-state index in [2.05, 4.69) is 26.6 Å². The number of alkyl halides is 1. The minimum Gasteiger partial charge on any atom is -0.355 e. The van der Waals surface area contributed by atoms with Gasteiger partial charge in [0, 0.05) is 17.8 Å². The Morgan fingerprint density at radius 1 is 1.19 bits per heavy atom. The number of halogens is 1. The minimum absolute atomic E-state index is 0.0406. The van der Waals surface area contributed by atoms with Crippen molar-refractivity contribution in [1.29, 1.82) is 0 Å². The Kier molecular flexibility index (Phi) is 4.41. The van der Waals surface area contributed by atoms with E-state index in [0.717, 1.165) is 23.8 Å². The zero-order valence-corrected chi connectivity index (χ0v) is 17.1. The summed E-state index contributed by atoms with van der Waals surface area (Å²) in [6, 6.07) is 5.60. The fourth-order valence-corrected chi connectivity index (χ4v) is 7.79. The second-order valence-electron chi connectivity index (χ2n) is 8.91. The standard InChI is InChI=1S/C21H27BrN2O2/c1-13-4-3-5-16(18(13)19(26)23-2)24-17(25)11-20-7-14-6-15(8-20)10-21(22,9-14)12-20/h3-5,14-15H,6-12H2,1-2H3,(H,23,26)(H,24,25). The number of hydrogen-bond acceptors (Lipinski definition) is 2. The summed E-state index contributed by atoms with van der Waals surface area (Å²) in [5.74, 6) is 1.42. The molecule has 2 amide bonds. The first-order chi connectivity index (χ1) is 12.3. The molecule has 4 fully saturated rings. The van der Waals surface area contributed by atoms with Gasteiger partial charge in [-0.25, -0.2) is 0 Å². The SMILES string of the molecule is CNC(=O)c1c(C)cccc1NC(=O)CC12CC3CC(CC(Br)(C3)C1)C2. The van der Waals surface area contributed by atoms with Gasteiger partial charge in [-0.3, -0.25) is 9.59 Å². The molecule has 2 atom stereocenters. The summed E-state index contributed by atoms with van der Waals surface area (Å²) in [7, 11) is 1.62. The smallest absolute Gasteiger partial charge is 0.253 e. The van der Waals surface area contributed by atoms with Crippen LogP contribution >= 0.6 is 15.9 Å². The van der Waals surface area contributed by atoms with Gasteiger partial charge in [-0.15, -0.1) is 0 Å². The molecule has 0 radical (unpaired) electrons. The van der Waals surface area contributed by atoms with Crippen molar-refractivity contribution in [2.45, 2.75) is 56.2 Å². The molecule has 1 aromatic rings. The predicted octanol–water partition coefficient (Wildman–Crippen LogP) is 4.42. The molecule has 5 heteroatoms. The molecule has 4 bridgehead atoms. The lowest BCUT2D eigenvalue weighted by atomic mass is 9.48. The Bertz CT molecular complexity index is 746. The monoisotopic (exact) mass is 418 g/mol. The van der Waals surface area contributed by atoms with Crippen molar-refractivity contribution in [1.82, 2.24) is 5.32 Å². The molecule has 0 spiro atoms. The maximum Gasteiger partial charge on any atom is 0.253 e. The van der Waals surface area contributed by atoms with Crippen LogP contribution in [0.3, 0.4) is 0 Å². The van der Waals surface area contributed by atoms with Crippen LogP contribution in [0.1, 0.15) is 60.9 Å². The first kappa shape index (κ1) is 18.0. The van der Waals surface area contributed by atoms with Crippen molar-refractivity contribution in [3.05, 3.63) is 29.3 Å². The summed E-state index contributed by atoms with van der Waals surface area (Å²) in [6.45, 7) is 1.90. The molecule has 4 aliphatic rings. The van der Waals surface area contributed by atoms with Crippen molar-refractivity contribution >= 4 is 33.4 Å². The quantitative estimate of drug-likeness (QED) is 0.710. The van der Waals surface area contributed by atoms with Gasteiger partial charge in [0.2, 0.25) is 5.91 Å². The van der Waals surface area contributed by atoms with Gasteiger partial charge in [0.05, 0.1) is 11.3 Å². The molecular formula is C21H27BrN2O2. The van der Waals surface area contributed by atoms with Crippen LogP contribution in [-0.4, -0.2) is 23.2 Å². The molecule has 2 N–H and O–H groups in total. The third-order valence-electron chi connectivity index (χ3n) is 6.65. The van der Waals surface area contributed by atoms with E-state index < -0.39 is 0 Å². The van der Waals surface area contributed by atoms with Crippen molar-refractivity contribution in [2.75, 3.05) is 12.4 Å². The second-order valence-corrected chi connectivity index (χ2v) is 10.6. The van der Waals surface area contributed by atoms with Crippen LogP contribution in [0.5, 0.6) is 0 Å². The molecule has 4 aliphatic carbocycles. The van der Waals surface area contributed by atoms with Crippen LogP contribution in [0.2, 0.25) is 0 Å². The fraction of sp³-hybridized carbons (Fsp3) is 0.619. The molecule has 5 rings (SSSR count). The summed E-state index contributed by atoms with van der Waals surface area (Å²) >= 11 is 4.01. The number of carbonyl (C=O) groups is 2. The zero-order chi connectivity index (χ0) is 18.5. The number of amides is 2. The first-order valence-electron chi connectivity index (χ1n) is 9.62. The lowest BCUT2D eigenvalue weighted by molar-refractivity contribution is -0.123. The average molecular weight is 419 g/mol. The van der Waals surface area contributed by atoms with Gasteiger partial charge in [-0.2, -0.15) is 0 Å². The Hall–Kier alpha value is -1.36. The molecule has 140 valence electrons. The van der Waals surface area contributed by atoms with Gasteiger partial charge in [0.1, 0.15) is 0 Å². The average Bonchev–Trinajstić information content (AvgIpc) is 2.51. The number of rotatable bonds is 4. The van der Waals surface area contributed by atoms with Crippen molar-refractivity contribution < 1.29 is 9.59 Å². The highest BCUT2D eigenvalue weighted by molar-refractivity contribution is 9.10. The lowest BCUT2D eigenvalue weighted by Crippen LogP contribution is -2.53. The highest BCUT2D eigenvalue weighted by Crippen LogP contribution is 2.65. The van der Waals surface area contributed by atoms with E-state index in [1.807, 2.05) is 25.1 Å². The largest absolute Gasteiger partial charge is 0.355 e. The van der Waals surface area contributed by atoms with E-state index >= 15 is 0 Å². The topological polar surface area (TPSA) is 58.2 Å². The minimum atomic E-state index is -0.160. The fourth-order valence-electron chi connectivity index (χ4n) is 6.28. The molecule has 4 saturated carbocycles. The summed E-state index contributed by atoms with van der Waals surface area (Å²) in [5, 5.41) is 5.71. The first-order valence-corrected chi connectivity index (χ1v) is 10.4. The van der Waals surface area contributed by atoms with Crippen LogP contribution in [0, 0.1) is 24.2 Å². The predicted molar refractivity (Wildman–Crippen MR) is 107 cm³/mol. The highest BCUT2D eigenvalue weighted by Gasteiger charge is 2.57. The summed E-state index contributed by atoms with van der Waals surface area (Å²) in [6.07, 6.45) is 7.92. The van der Waals surface area contributed by atoms with Gasteiger partial charge >= 0.3 is 0 Å². The molecule has 0 aliphatic heterocycles. The Labute approximate surface area is 163 Å². The molecule has 0 aromatic heterocycles. The van der Waals surface area contributed by atoms with Crippen molar-refractivity contribution in [3.63, 3.8) is 0 Å². The molecule has 26 heavy (non-hydrogen) atoms. The molecule has 0 heterocycles. The van der Waals surface area contributed by atoms with E-state index in [-0.39, 0.29) is 21.6 Å². The van der Waals surface area contributed by atoms with Gasteiger partial charge in [-0.05, 0) is 74.3 Å². The van der Waals surface area contributed by atoms with E-state index in [1.54, 1.807) is 7.05 Å². The van der Waals surface area contributed by atoms with Crippen LogP contribution in [0.4, 0.5) is 5.69 Å². The van der Waals surface area contributed by atoms with Crippen LogP contribution in [0.15, 0.2) is 18.2 Å². The number of benzene rings is 1. The van der Waals surface area contributed by atoms with Crippen molar-refractivity contribution in [2.24, 2.45) is 17.3 Å². The van der Waals surface area contributed by atoms with E-state index in [1.165, 1.54) is 32.1 Å². The van der Waals surface area contributed by atoms with Crippen LogP contribution in [-0.2, 0) is 4.79 Å². The molecular weight excluding hydrogens is 392 g/mol. The van der Waals surface area contributed by atoms with E-state index in [0.29, 0.717) is 17.7 Å². The summed E-state index contributed by atoms with van der Waals surface area (Å²) in [4.78, 5) is 25.1. The number of carbonyl (C=O) groups excluding carboxylic acids is 2. The van der Waals surface area contributed by atoms with E-state index in [4.69, 9.17) is 0 Å². The number of nitrogens with one attached hydrogen (secondary N) is 2. The van der Waals surface area contributed by atoms with Gasteiger partial charge in [0.15, 0.2) is 0 Å². The van der Waals surface area contributed by atoms with Gasteiger partial charge in [0.25, 0.3) is 5.91 Å². The maximum atomic E-state index is 12.9. The number of aryl methyl sites for hydroxylation is 1. The number of anilines is 1. The second kappa shape index (κ2) is 6.36. The van der Waals surface area contributed by atoms with Gasteiger partial charge in [-0.1, -0.05) is 28.1 Å². The lowest BCUT2D eigenvalue weighted by Gasteiger charge is -2.60. The molecule has 2 unspecified atom stereocenters. The van der Waals surface area contributed by atoms with Crippen LogP contribution in [0.25, 0.3) is 0 Å². The summed E-state index contributed by atoms with van der Waals surface area (Å²) in [5.41, 5.74) is 2.18. The third kappa shape index (κ3) is 3.19. The normalized spacial score (nSPS) is 34.6. The van der Waals surface area contributed by atoms with Crippen molar-refractivity contribution in [3.8, 4) is 0 Å². The third-order valence-corrected chi connectivity index (χ3v) is 7.58. The number of hydrogen-bond donors (Lipinski definition) is 2. The Morgan fingerprint density at radius 3 is 2.50 bits per heavy atom. The Morgan fingerprint density at radius 2 is 1.88 bits per heavy atom. The zero-order valence-electron chi connectivity index (χ0n) is 15.5. The molecule has 0 saturated heterocycles. The van der Waals surface area contributed by atoms with E-state index in [9.17, 15) is 9.59 Å². The Balaban J connectivity index is 1.52. The van der Waals surface area contributed by atoms with Gasteiger partial charge < -0.3 is 10.6 Å².